The normalized spacial score (nSPS) is 12.0. The minimum Gasteiger partial charge on any atom is -0.339 e. The van der Waals surface area contributed by atoms with Gasteiger partial charge in [0.1, 0.15) is 0 Å². The van der Waals surface area contributed by atoms with Crippen molar-refractivity contribution in [1.82, 2.24) is 9.62 Å². The molecule has 0 spiro atoms. The van der Waals surface area contributed by atoms with E-state index in [-0.39, 0.29) is 11.9 Å². The van der Waals surface area contributed by atoms with Crippen LogP contribution in [0.25, 0.3) is 0 Å². The average molecular weight is 435 g/mol. The van der Waals surface area contributed by atoms with Crippen molar-refractivity contribution < 1.29 is 4.79 Å². The number of hydrogen-bond acceptors (Lipinski definition) is 3. The average Bonchev–Trinajstić information content (AvgIpc) is 2.62. The second-order valence-corrected chi connectivity index (χ2v) is 8.24. The molecule has 0 saturated heterocycles. The van der Waals surface area contributed by atoms with E-state index < -0.39 is 0 Å². The molecule has 0 aliphatic rings. The molecule has 1 N–H and O–H groups in total. The number of nitrogens with one attached hydrogen (secondary N) is 1. The quantitative estimate of drug-likeness (QED) is 0.559. The van der Waals surface area contributed by atoms with Gasteiger partial charge < -0.3 is 4.90 Å². The minimum atomic E-state index is 0.107. The third kappa shape index (κ3) is 5.86. The van der Waals surface area contributed by atoms with Gasteiger partial charge in [-0.2, -0.15) is 0 Å². The SMILES string of the molecule is CCN(CC)C(=O)c1ccc(Br)cc1CC(C)NSc1ccc(C)cc1. The third-order valence-electron chi connectivity index (χ3n) is 4.27. The van der Waals surface area contributed by atoms with E-state index in [2.05, 4.69) is 64.8 Å². The van der Waals surface area contributed by atoms with Crippen LogP contribution >= 0.6 is 27.9 Å². The molecule has 0 aromatic heterocycles. The van der Waals surface area contributed by atoms with Gasteiger partial charge in [0.05, 0.1) is 0 Å². The number of carbonyl (C=O) groups excluding carboxylic acids is 1. The van der Waals surface area contributed by atoms with E-state index in [0.29, 0.717) is 0 Å². The molecule has 0 aliphatic heterocycles. The van der Waals surface area contributed by atoms with Crippen molar-refractivity contribution in [2.24, 2.45) is 0 Å². The summed E-state index contributed by atoms with van der Waals surface area (Å²) in [6, 6.07) is 14.6. The topological polar surface area (TPSA) is 32.3 Å². The molecule has 0 radical (unpaired) electrons. The first-order valence-corrected chi connectivity index (χ1v) is 10.6. The molecule has 2 aromatic rings. The monoisotopic (exact) mass is 434 g/mol. The van der Waals surface area contributed by atoms with E-state index in [9.17, 15) is 4.79 Å². The summed E-state index contributed by atoms with van der Waals surface area (Å²) in [4.78, 5) is 15.9. The highest BCUT2D eigenvalue weighted by Crippen LogP contribution is 2.22. The summed E-state index contributed by atoms with van der Waals surface area (Å²) in [5.74, 6) is 0.107. The van der Waals surface area contributed by atoms with Crippen LogP contribution in [0.4, 0.5) is 0 Å². The Hall–Kier alpha value is -1.30. The number of carbonyl (C=O) groups is 1. The second-order valence-electron chi connectivity index (χ2n) is 6.42. The predicted molar refractivity (Wildman–Crippen MR) is 115 cm³/mol. The predicted octanol–water partition coefficient (Wildman–Crippen LogP) is 5.47. The number of aryl methyl sites for hydroxylation is 1. The lowest BCUT2D eigenvalue weighted by atomic mass is 10.0. The molecule has 26 heavy (non-hydrogen) atoms. The molecule has 0 aliphatic carbocycles. The first-order chi connectivity index (χ1) is 12.4. The fourth-order valence-corrected chi connectivity index (χ4v) is 3.87. The second kappa shape index (κ2) is 10.1. The zero-order valence-corrected chi connectivity index (χ0v) is 18.3. The van der Waals surface area contributed by atoms with Gasteiger partial charge in [-0.05, 0) is 82.0 Å². The maximum atomic E-state index is 12.8. The Morgan fingerprint density at radius 3 is 2.42 bits per heavy atom. The first kappa shape index (κ1) is 21.0. The first-order valence-electron chi connectivity index (χ1n) is 9.01. The van der Waals surface area contributed by atoms with Crippen molar-refractivity contribution in [1.29, 1.82) is 0 Å². The molecule has 0 heterocycles. The maximum absolute atomic E-state index is 12.8. The Kier molecular flexibility index (Phi) is 8.19. The van der Waals surface area contributed by atoms with Crippen LogP contribution in [0.5, 0.6) is 0 Å². The molecule has 140 valence electrons. The summed E-state index contributed by atoms with van der Waals surface area (Å²) in [6.07, 6.45) is 0.792. The van der Waals surface area contributed by atoms with Crippen molar-refractivity contribution >= 4 is 33.8 Å². The lowest BCUT2D eigenvalue weighted by Gasteiger charge is -2.22. The van der Waals surface area contributed by atoms with Gasteiger partial charge in [0.25, 0.3) is 5.91 Å². The fraction of sp³-hybridized carbons (Fsp3) is 0.381. The molecule has 1 unspecified atom stereocenters. The summed E-state index contributed by atoms with van der Waals surface area (Å²) in [5.41, 5.74) is 3.13. The molecule has 1 amide bonds. The van der Waals surface area contributed by atoms with Crippen molar-refractivity contribution in [3.05, 3.63) is 63.6 Å². The van der Waals surface area contributed by atoms with Crippen LogP contribution in [0.3, 0.4) is 0 Å². The van der Waals surface area contributed by atoms with Crippen LogP contribution in [-0.4, -0.2) is 29.9 Å². The molecule has 3 nitrogen and oxygen atoms in total. The molecule has 2 aromatic carbocycles. The van der Waals surface area contributed by atoms with Gasteiger partial charge >= 0.3 is 0 Å². The van der Waals surface area contributed by atoms with Gasteiger partial charge in [-0.1, -0.05) is 33.6 Å². The van der Waals surface area contributed by atoms with Gasteiger partial charge in [-0.15, -0.1) is 0 Å². The summed E-state index contributed by atoms with van der Waals surface area (Å²) in [7, 11) is 0. The number of rotatable bonds is 8. The van der Waals surface area contributed by atoms with E-state index >= 15 is 0 Å². The molecule has 5 heteroatoms. The number of benzene rings is 2. The lowest BCUT2D eigenvalue weighted by Crippen LogP contribution is -2.32. The van der Waals surface area contributed by atoms with Gasteiger partial charge in [0.2, 0.25) is 0 Å². The Balaban J connectivity index is 2.08. The van der Waals surface area contributed by atoms with Crippen LogP contribution in [0.15, 0.2) is 51.8 Å². The highest BCUT2D eigenvalue weighted by Gasteiger charge is 2.18. The number of halogens is 1. The van der Waals surface area contributed by atoms with E-state index in [4.69, 9.17) is 0 Å². The van der Waals surface area contributed by atoms with Gasteiger partial charge in [-0.3, -0.25) is 9.52 Å². The van der Waals surface area contributed by atoms with Crippen LogP contribution in [0.1, 0.15) is 42.3 Å². The molecule has 1 atom stereocenters. The van der Waals surface area contributed by atoms with Crippen LogP contribution < -0.4 is 4.72 Å². The smallest absolute Gasteiger partial charge is 0.254 e. The van der Waals surface area contributed by atoms with Crippen molar-refractivity contribution in [2.75, 3.05) is 13.1 Å². The Morgan fingerprint density at radius 2 is 1.81 bits per heavy atom. The summed E-state index contributed by atoms with van der Waals surface area (Å²) >= 11 is 5.17. The lowest BCUT2D eigenvalue weighted by molar-refractivity contribution is 0.0772. The Bertz CT molecular complexity index is 729. The number of nitrogens with zero attached hydrogens (tertiary/aromatic N) is 1. The van der Waals surface area contributed by atoms with Crippen molar-refractivity contribution in [3.63, 3.8) is 0 Å². The molecule has 0 saturated carbocycles. The number of amides is 1. The minimum absolute atomic E-state index is 0.107. The molecule has 0 fully saturated rings. The highest BCUT2D eigenvalue weighted by atomic mass is 79.9. The van der Waals surface area contributed by atoms with E-state index in [1.807, 2.05) is 30.9 Å². The molecule has 0 bridgehead atoms. The van der Waals surface area contributed by atoms with Gasteiger partial charge in [0, 0.05) is 34.1 Å². The Morgan fingerprint density at radius 1 is 1.15 bits per heavy atom. The third-order valence-corrected chi connectivity index (χ3v) is 5.79. The molecule has 2 rings (SSSR count). The standard InChI is InChI=1S/C21H27BrN2OS/c1-5-24(6-2)21(25)20-12-9-18(22)14-17(20)13-16(4)23-26-19-10-7-15(3)8-11-19/h7-12,14,16,23H,5-6,13H2,1-4H3. The summed E-state index contributed by atoms with van der Waals surface area (Å²) < 4.78 is 4.49. The van der Waals surface area contributed by atoms with E-state index in [0.717, 1.165) is 35.1 Å². The zero-order chi connectivity index (χ0) is 19.1. The molecular weight excluding hydrogens is 408 g/mol. The van der Waals surface area contributed by atoms with E-state index in [1.165, 1.54) is 10.5 Å². The van der Waals surface area contributed by atoms with E-state index in [1.54, 1.807) is 11.9 Å². The van der Waals surface area contributed by atoms with Gasteiger partial charge in [-0.25, -0.2) is 0 Å². The van der Waals surface area contributed by atoms with Crippen molar-refractivity contribution in [2.45, 2.75) is 45.1 Å². The fourth-order valence-electron chi connectivity index (χ4n) is 2.77. The van der Waals surface area contributed by atoms with Gasteiger partial charge in [0.15, 0.2) is 0 Å². The molecular formula is C21H27BrN2OS. The summed E-state index contributed by atoms with van der Waals surface area (Å²) in [5, 5.41) is 0. The largest absolute Gasteiger partial charge is 0.339 e. The zero-order valence-electron chi connectivity index (χ0n) is 15.9. The maximum Gasteiger partial charge on any atom is 0.254 e. The Labute approximate surface area is 169 Å². The summed E-state index contributed by atoms with van der Waals surface area (Å²) in [6.45, 7) is 9.72. The number of hydrogen-bond donors (Lipinski definition) is 1. The van der Waals surface area contributed by atoms with Crippen LogP contribution in [-0.2, 0) is 6.42 Å². The van der Waals surface area contributed by atoms with Crippen LogP contribution in [0.2, 0.25) is 0 Å². The van der Waals surface area contributed by atoms with Crippen molar-refractivity contribution in [3.8, 4) is 0 Å². The van der Waals surface area contributed by atoms with Crippen LogP contribution in [0, 0.1) is 6.92 Å². The highest BCUT2D eigenvalue weighted by molar-refractivity contribution is 9.10.